The first-order valence-electron chi connectivity index (χ1n) is 7.58. The molecule has 1 N–H and O–H groups in total. The third-order valence-electron chi connectivity index (χ3n) is 3.58. The molecule has 1 heterocycles. The van der Waals surface area contributed by atoms with Crippen LogP contribution in [-0.4, -0.2) is 25.5 Å². The molecule has 0 saturated heterocycles. The second kappa shape index (κ2) is 7.50. The van der Waals surface area contributed by atoms with Crippen molar-refractivity contribution in [3.05, 3.63) is 59.2 Å². The van der Waals surface area contributed by atoms with Crippen LogP contribution in [0.5, 0.6) is 11.5 Å². The maximum atomic E-state index is 11.8. The highest BCUT2D eigenvalue weighted by atomic mass is 16.7. The average molecular weight is 326 g/mol. The van der Waals surface area contributed by atoms with E-state index in [0.717, 1.165) is 22.4 Å². The molecular weight excluding hydrogens is 308 g/mol. The summed E-state index contributed by atoms with van der Waals surface area (Å²) in [4.78, 5) is 16.8. The number of amides is 1. The van der Waals surface area contributed by atoms with Gasteiger partial charge in [-0.3, -0.25) is 4.79 Å². The molecule has 1 aliphatic heterocycles. The Kier molecular flexibility index (Phi) is 4.96. The smallest absolute Gasteiger partial charge is 0.261 e. The zero-order valence-corrected chi connectivity index (χ0v) is 13.3. The third-order valence-corrected chi connectivity index (χ3v) is 3.58. The number of nitrogens with zero attached hydrogens (tertiary/aromatic N) is 1. The van der Waals surface area contributed by atoms with Crippen LogP contribution in [0.3, 0.4) is 0 Å². The first-order valence-corrected chi connectivity index (χ1v) is 7.58. The lowest BCUT2D eigenvalue weighted by Crippen LogP contribution is -2.26. The van der Waals surface area contributed by atoms with Crippen molar-refractivity contribution in [1.82, 2.24) is 5.32 Å². The number of nitrogens with one attached hydrogen (secondary N) is 1. The van der Waals surface area contributed by atoms with Crippen molar-refractivity contribution in [2.45, 2.75) is 13.5 Å². The molecule has 3 rings (SSSR count). The summed E-state index contributed by atoms with van der Waals surface area (Å²) in [6.07, 6.45) is 1.60. The Hall–Kier alpha value is -3.02. The van der Waals surface area contributed by atoms with E-state index < -0.39 is 0 Å². The fourth-order valence-electron chi connectivity index (χ4n) is 2.22. The van der Waals surface area contributed by atoms with E-state index in [0.29, 0.717) is 12.3 Å². The number of hydrogen-bond acceptors (Lipinski definition) is 5. The van der Waals surface area contributed by atoms with Crippen molar-refractivity contribution in [3.8, 4) is 11.5 Å². The number of carbonyl (C=O) groups is 1. The SMILES string of the molecule is Cc1ccccc1/C=N\OCC(=O)NCc1ccc2c(c1)OCO2. The highest BCUT2D eigenvalue weighted by molar-refractivity contribution is 5.81. The molecule has 6 heteroatoms. The molecule has 2 aromatic rings. The van der Waals surface area contributed by atoms with Crippen LogP contribution < -0.4 is 14.8 Å². The molecular formula is C18H18N2O4. The Morgan fingerprint density at radius 2 is 2.08 bits per heavy atom. The minimum Gasteiger partial charge on any atom is -0.454 e. The van der Waals surface area contributed by atoms with E-state index in [9.17, 15) is 4.79 Å². The Morgan fingerprint density at radius 3 is 2.96 bits per heavy atom. The summed E-state index contributed by atoms with van der Waals surface area (Å²) in [6.45, 7) is 2.48. The van der Waals surface area contributed by atoms with Gasteiger partial charge in [-0.15, -0.1) is 0 Å². The molecule has 24 heavy (non-hydrogen) atoms. The van der Waals surface area contributed by atoms with E-state index in [2.05, 4.69) is 10.5 Å². The van der Waals surface area contributed by atoms with Gasteiger partial charge in [-0.05, 0) is 35.7 Å². The lowest BCUT2D eigenvalue weighted by atomic mass is 10.1. The molecule has 1 amide bonds. The highest BCUT2D eigenvalue weighted by Gasteiger charge is 2.13. The largest absolute Gasteiger partial charge is 0.454 e. The van der Waals surface area contributed by atoms with Crippen LogP contribution in [0.1, 0.15) is 16.7 Å². The van der Waals surface area contributed by atoms with Crippen LogP contribution in [0.25, 0.3) is 0 Å². The molecule has 0 atom stereocenters. The molecule has 0 aromatic heterocycles. The number of benzene rings is 2. The molecule has 0 spiro atoms. The zero-order chi connectivity index (χ0) is 16.8. The van der Waals surface area contributed by atoms with E-state index in [1.807, 2.05) is 49.4 Å². The van der Waals surface area contributed by atoms with Crippen LogP contribution in [0.2, 0.25) is 0 Å². The van der Waals surface area contributed by atoms with E-state index in [-0.39, 0.29) is 19.3 Å². The first kappa shape index (κ1) is 15.9. The number of hydrogen-bond donors (Lipinski definition) is 1. The first-order chi connectivity index (χ1) is 11.7. The van der Waals surface area contributed by atoms with Crippen molar-refractivity contribution >= 4 is 12.1 Å². The Morgan fingerprint density at radius 1 is 1.25 bits per heavy atom. The number of ether oxygens (including phenoxy) is 2. The van der Waals surface area contributed by atoms with Crippen molar-refractivity contribution in [3.63, 3.8) is 0 Å². The third kappa shape index (κ3) is 4.04. The number of fused-ring (bicyclic) bond motifs is 1. The Bertz CT molecular complexity index is 758. The number of carbonyl (C=O) groups excluding carboxylic acids is 1. The van der Waals surface area contributed by atoms with E-state index in [4.69, 9.17) is 14.3 Å². The standard InChI is InChI=1S/C18H18N2O4/c1-13-4-2-3-5-15(13)10-20-24-11-18(21)19-9-14-6-7-16-17(8-14)23-12-22-16/h2-8,10H,9,11-12H2,1H3,(H,19,21)/b20-10-. The molecule has 1 aliphatic rings. The zero-order valence-electron chi connectivity index (χ0n) is 13.3. The molecule has 0 radical (unpaired) electrons. The average Bonchev–Trinajstić information content (AvgIpc) is 3.06. The fraction of sp³-hybridized carbons (Fsp3) is 0.222. The van der Waals surface area contributed by atoms with Crippen molar-refractivity contribution in [2.75, 3.05) is 13.4 Å². The van der Waals surface area contributed by atoms with Crippen molar-refractivity contribution in [1.29, 1.82) is 0 Å². The summed E-state index contributed by atoms with van der Waals surface area (Å²) in [5, 5.41) is 6.59. The summed E-state index contributed by atoms with van der Waals surface area (Å²) in [5.41, 5.74) is 2.98. The molecule has 0 fully saturated rings. The predicted molar refractivity (Wildman–Crippen MR) is 89.1 cm³/mol. The summed E-state index contributed by atoms with van der Waals surface area (Å²) in [7, 11) is 0. The summed E-state index contributed by atoms with van der Waals surface area (Å²) >= 11 is 0. The minimum absolute atomic E-state index is 0.132. The summed E-state index contributed by atoms with van der Waals surface area (Å²) in [5.74, 6) is 1.18. The monoisotopic (exact) mass is 326 g/mol. The second-order valence-corrected chi connectivity index (χ2v) is 5.33. The van der Waals surface area contributed by atoms with Crippen LogP contribution in [0, 0.1) is 6.92 Å². The number of rotatable bonds is 6. The predicted octanol–water partition coefficient (Wildman–Crippen LogP) is 2.39. The number of oxime groups is 1. The topological polar surface area (TPSA) is 69.2 Å². The van der Waals surface area contributed by atoms with Crippen molar-refractivity contribution < 1.29 is 19.1 Å². The van der Waals surface area contributed by atoms with Gasteiger partial charge in [-0.1, -0.05) is 35.5 Å². The highest BCUT2D eigenvalue weighted by Crippen LogP contribution is 2.32. The van der Waals surface area contributed by atoms with E-state index in [1.165, 1.54) is 0 Å². The van der Waals surface area contributed by atoms with Gasteiger partial charge >= 0.3 is 0 Å². The van der Waals surface area contributed by atoms with Crippen LogP contribution in [0.15, 0.2) is 47.6 Å². The van der Waals surface area contributed by atoms with Gasteiger partial charge in [0.15, 0.2) is 18.1 Å². The quantitative estimate of drug-likeness (QED) is 0.654. The van der Waals surface area contributed by atoms with Gasteiger partial charge in [-0.2, -0.15) is 0 Å². The lowest BCUT2D eigenvalue weighted by molar-refractivity contribution is -0.125. The maximum absolute atomic E-state index is 11.8. The lowest BCUT2D eigenvalue weighted by Gasteiger charge is -2.05. The van der Waals surface area contributed by atoms with E-state index in [1.54, 1.807) is 6.21 Å². The molecule has 0 bridgehead atoms. The molecule has 0 saturated carbocycles. The maximum Gasteiger partial charge on any atom is 0.261 e. The Labute approximate surface area is 140 Å². The number of aryl methyl sites for hydroxylation is 1. The fourth-order valence-corrected chi connectivity index (χ4v) is 2.22. The van der Waals surface area contributed by atoms with Gasteiger partial charge in [0.2, 0.25) is 6.79 Å². The van der Waals surface area contributed by atoms with Crippen LogP contribution in [-0.2, 0) is 16.2 Å². The molecule has 0 unspecified atom stereocenters. The van der Waals surface area contributed by atoms with E-state index >= 15 is 0 Å². The molecule has 2 aromatic carbocycles. The van der Waals surface area contributed by atoms with Gasteiger partial charge in [0.1, 0.15) is 0 Å². The molecule has 124 valence electrons. The Balaban J connectivity index is 1.42. The van der Waals surface area contributed by atoms with Gasteiger partial charge in [0.25, 0.3) is 5.91 Å². The van der Waals surface area contributed by atoms with Gasteiger partial charge in [-0.25, -0.2) is 0 Å². The molecule has 0 aliphatic carbocycles. The summed E-state index contributed by atoms with van der Waals surface area (Å²) in [6, 6.07) is 13.3. The second-order valence-electron chi connectivity index (χ2n) is 5.33. The van der Waals surface area contributed by atoms with Crippen LogP contribution in [0.4, 0.5) is 0 Å². The molecule has 6 nitrogen and oxygen atoms in total. The van der Waals surface area contributed by atoms with Gasteiger partial charge < -0.3 is 19.6 Å². The summed E-state index contributed by atoms with van der Waals surface area (Å²) < 4.78 is 10.5. The van der Waals surface area contributed by atoms with Gasteiger partial charge in [0, 0.05) is 6.54 Å². The normalized spacial score (nSPS) is 12.4. The minimum atomic E-state index is -0.241. The van der Waals surface area contributed by atoms with Crippen LogP contribution >= 0.6 is 0 Å². The van der Waals surface area contributed by atoms with Gasteiger partial charge in [0.05, 0.1) is 6.21 Å². The van der Waals surface area contributed by atoms with Crippen molar-refractivity contribution in [2.24, 2.45) is 5.16 Å².